The standard InChI is InChI=1S/C15H22N2O4/c1-15(2)20-9-12(10-21-15)8-17-14(19)16-7-11-3-5-13(18)6-4-11/h3-6,12,18H,7-10H2,1-2H3,(H2,16,17,19). The number of hydrogen-bond acceptors (Lipinski definition) is 4. The van der Waals surface area contributed by atoms with Gasteiger partial charge in [-0.2, -0.15) is 0 Å². The van der Waals surface area contributed by atoms with E-state index in [4.69, 9.17) is 9.47 Å². The topological polar surface area (TPSA) is 79.8 Å². The highest BCUT2D eigenvalue weighted by Crippen LogP contribution is 2.19. The summed E-state index contributed by atoms with van der Waals surface area (Å²) in [4.78, 5) is 11.7. The molecule has 1 aromatic carbocycles. The van der Waals surface area contributed by atoms with Gasteiger partial charge in [-0.25, -0.2) is 4.79 Å². The third-order valence-electron chi connectivity index (χ3n) is 3.27. The molecule has 1 saturated heterocycles. The highest BCUT2D eigenvalue weighted by Gasteiger charge is 2.28. The Hall–Kier alpha value is -1.79. The summed E-state index contributed by atoms with van der Waals surface area (Å²) in [6, 6.07) is 6.48. The van der Waals surface area contributed by atoms with E-state index in [0.29, 0.717) is 26.3 Å². The molecule has 6 nitrogen and oxygen atoms in total. The van der Waals surface area contributed by atoms with E-state index in [2.05, 4.69) is 10.6 Å². The second kappa shape index (κ2) is 6.78. The summed E-state index contributed by atoms with van der Waals surface area (Å²) in [5.74, 6) is -0.154. The molecule has 0 radical (unpaired) electrons. The molecule has 0 bridgehead atoms. The number of rotatable bonds is 4. The predicted octanol–water partition coefficient (Wildman–Crippen LogP) is 1.59. The molecule has 1 aliphatic heterocycles. The number of ether oxygens (including phenoxy) is 2. The van der Waals surface area contributed by atoms with Crippen LogP contribution in [-0.2, 0) is 16.0 Å². The van der Waals surface area contributed by atoms with Crippen molar-refractivity contribution in [1.29, 1.82) is 0 Å². The maximum atomic E-state index is 11.7. The fourth-order valence-corrected chi connectivity index (χ4v) is 1.94. The number of phenols is 1. The van der Waals surface area contributed by atoms with Crippen LogP contribution in [0.4, 0.5) is 4.79 Å². The first-order chi connectivity index (χ1) is 9.94. The Kier molecular flexibility index (Phi) is 5.03. The van der Waals surface area contributed by atoms with Gasteiger partial charge in [-0.05, 0) is 31.5 Å². The van der Waals surface area contributed by atoms with Crippen LogP contribution in [0.1, 0.15) is 19.4 Å². The van der Waals surface area contributed by atoms with Crippen molar-refractivity contribution in [3.63, 3.8) is 0 Å². The third kappa shape index (κ3) is 5.24. The smallest absolute Gasteiger partial charge is 0.315 e. The zero-order valence-electron chi connectivity index (χ0n) is 12.4. The summed E-state index contributed by atoms with van der Waals surface area (Å²) in [7, 11) is 0. The molecule has 0 aliphatic carbocycles. The molecule has 1 heterocycles. The molecule has 2 amide bonds. The first-order valence-electron chi connectivity index (χ1n) is 7.02. The lowest BCUT2D eigenvalue weighted by Crippen LogP contribution is -2.45. The number of carbonyl (C=O) groups excluding carboxylic acids is 1. The van der Waals surface area contributed by atoms with E-state index in [0.717, 1.165) is 5.56 Å². The molecule has 0 aromatic heterocycles. The van der Waals surface area contributed by atoms with E-state index in [1.165, 1.54) is 0 Å². The van der Waals surface area contributed by atoms with Crippen LogP contribution >= 0.6 is 0 Å². The number of hydrogen-bond donors (Lipinski definition) is 3. The van der Waals surface area contributed by atoms with Crippen LogP contribution in [0.15, 0.2) is 24.3 Å². The molecule has 1 aliphatic rings. The van der Waals surface area contributed by atoms with Crippen molar-refractivity contribution in [2.24, 2.45) is 5.92 Å². The summed E-state index contributed by atoms with van der Waals surface area (Å²) in [6.07, 6.45) is 0. The minimum absolute atomic E-state index is 0.164. The minimum Gasteiger partial charge on any atom is -0.508 e. The third-order valence-corrected chi connectivity index (χ3v) is 3.27. The molecule has 0 spiro atoms. The van der Waals surface area contributed by atoms with Crippen molar-refractivity contribution in [2.75, 3.05) is 19.8 Å². The number of nitrogens with one attached hydrogen (secondary N) is 2. The van der Waals surface area contributed by atoms with Crippen molar-refractivity contribution in [3.8, 4) is 5.75 Å². The average Bonchev–Trinajstić information content (AvgIpc) is 2.45. The van der Waals surface area contributed by atoms with Crippen molar-refractivity contribution < 1.29 is 19.4 Å². The lowest BCUT2D eigenvalue weighted by molar-refractivity contribution is -0.261. The first kappa shape index (κ1) is 15.6. The Labute approximate surface area is 124 Å². The van der Waals surface area contributed by atoms with Gasteiger partial charge >= 0.3 is 6.03 Å². The molecule has 21 heavy (non-hydrogen) atoms. The number of phenolic OH excluding ortho intramolecular Hbond substituents is 1. The van der Waals surface area contributed by atoms with Crippen molar-refractivity contribution in [3.05, 3.63) is 29.8 Å². The van der Waals surface area contributed by atoms with E-state index in [-0.39, 0.29) is 17.7 Å². The van der Waals surface area contributed by atoms with Crippen molar-refractivity contribution in [1.82, 2.24) is 10.6 Å². The van der Waals surface area contributed by atoms with Gasteiger partial charge in [-0.15, -0.1) is 0 Å². The van der Waals surface area contributed by atoms with Crippen LogP contribution in [-0.4, -0.2) is 36.7 Å². The highest BCUT2D eigenvalue weighted by molar-refractivity contribution is 5.73. The molecule has 3 N–H and O–H groups in total. The predicted molar refractivity (Wildman–Crippen MR) is 77.8 cm³/mol. The summed E-state index contributed by atoms with van der Waals surface area (Å²) >= 11 is 0. The molecule has 116 valence electrons. The first-order valence-corrected chi connectivity index (χ1v) is 7.02. The van der Waals surface area contributed by atoms with Crippen LogP contribution in [0.5, 0.6) is 5.75 Å². The molecular formula is C15H22N2O4. The Bertz CT molecular complexity index is 463. The molecule has 1 fully saturated rings. The van der Waals surface area contributed by atoms with Crippen molar-refractivity contribution in [2.45, 2.75) is 26.2 Å². The summed E-state index contributed by atoms with van der Waals surface area (Å²) in [5.41, 5.74) is 0.925. The van der Waals surface area contributed by atoms with Gasteiger partial charge in [0.1, 0.15) is 5.75 Å². The van der Waals surface area contributed by atoms with Crippen molar-refractivity contribution >= 4 is 6.03 Å². The van der Waals surface area contributed by atoms with Gasteiger partial charge in [0.2, 0.25) is 0 Å². The number of amides is 2. The van der Waals surface area contributed by atoms with Crippen LogP contribution in [0, 0.1) is 5.92 Å². The molecule has 2 rings (SSSR count). The summed E-state index contributed by atoms with van der Waals surface area (Å²) < 4.78 is 11.1. The van der Waals surface area contributed by atoms with E-state index in [9.17, 15) is 9.90 Å². The minimum atomic E-state index is -0.530. The van der Waals surface area contributed by atoms with Gasteiger partial charge in [-0.1, -0.05) is 12.1 Å². The quantitative estimate of drug-likeness (QED) is 0.788. The van der Waals surface area contributed by atoms with Crippen LogP contribution in [0.25, 0.3) is 0 Å². The Morgan fingerprint density at radius 3 is 2.48 bits per heavy atom. The zero-order chi connectivity index (χ0) is 15.3. The normalized spacial score (nSPS) is 18.2. The van der Waals surface area contributed by atoms with Crippen LogP contribution in [0.3, 0.4) is 0 Å². The van der Waals surface area contributed by atoms with Gasteiger partial charge in [0, 0.05) is 19.0 Å². The van der Waals surface area contributed by atoms with E-state index in [1.807, 2.05) is 13.8 Å². The zero-order valence-corrected chi connectivity index (χ0v) is 12.4. The second-order valence-electron chi connectivity index (χ2n) is 5.62. The molecule has 1 aromatic rings. The van der Waals surface area contributed by atoms with Gasteiger partial charge in [0.15, 0.2) is 5.79 Å². The Morgan fingerprint density at radius 2 is 1.86 bits per heavy atom. The van der Waals surface area contributed by atoms with E-state index < -0.39 is 5.79 Å². The lowest BCUT2D eigenvalue weighted by Gasteiger charge is -2.34. The SMILES string of the molecule is CC1(C)OCC(CNC(=O)NCc2ccc(O)cc2)CO1. The van der Waals surface area contributed by atoms with Gasteiger partial charge in [0.05, 0.1) is 13.2 Å². The van der Waals surface area contributed by atoms with Gasteiger partial charge in [-0.3, -0.25) is 0 Å². The second-order valence-corrected chi connectivity index (χ2v) is 5.62. The lowest BCUT2D eigenvalue weighted by atomic mass is 10.1. The number of urea groups is 1. The summed E-state index contributed by atoms with van der Waals surface area (Å²) in [6.45, 7) is 5.83. The fraction of sp³-hybridized carbons (Fsp3) is 0.533. The van der Waals surface area contributed by atoms with E-state index in [1.54, 1.807) is 24.3 Å². The maximum absolute atomic E-state index is 11.7. The molecule has 0 atom stereocenters. The van der Waals surface area contributed by atoms with Crippen LogP contribution in [0.2, 0.25) is 0 Å². The van der Waals surface area contributed by atoms with Gasteiger partial charge < -0.3 is 25.2 Å². The number of carbonyl (C=O) groups is 1. The molecular weight excluding hydrogens is 272 g/mol. The number of benzene rings is 1. The monoisotopic (exact) mass is 294 g/mol. The Morgan fingerprint density at radius 1 is 1.24 bits per heavy atom. The average molecular weight is 294 g/mol. The Balaban J connectivity index is 1.65. The van der Waals surface area contributed by atoms with E-state index >= 15 is 0 Å². The molecule has 0 unspecified atom stereocenters. The van der Waals surface area contributed by atoms with Gasteiger partial charge in [0.25, 0.3) is 0 Å². The number of aromatic hydroxyl groups is 1. The highest BCUT2D eigenvalue weighted by atomic mass is 16.7. The fourth-order valence-electron chi connectivity index (χ4n) is 1.94. The maximum Gasteiger partial charge on any atom is 0.315 e. The molecule has 6 heteroatoms. The largest absolute Gasteiger partial charge is 0.508 e. The van der Waals surface area contributed by atoms with Crippen LogP contribution < -0.4 is 10.6 Å². The summed E-state index contributed by atoms with van der Waals surface area (Å²) in [5, 5.41) is 14.7. The molecule has 0 saturated carbocycles.